The van der Waals surface area contributed by atoms with E-state index in [1.54, 1.807) is 19.1 Å². The van der Waals surface area contributed by atoms with Gasteiger partial charge in [-0.15, -0.1) is 0 Å². The molecule has 0 aliphatic heterocycles. The number of aromatic nitrogens is 1. The molecular formula is C12H12F3N5. The minimum absolute atomic E-state index is 0.0539. The Morgan fingerprint density at radius 1 is 1.25 bits per heavy atom. The molecule has 0 aliphatic carbocycles. The zero-order chi connectivity index (χ0) is 15.2. The summed E-state index contributed by atoms with van der Waals surface area (Å²) < 4.78 is 38.5. The number of rotatable bonds is 5. The second kappa shape index (κ2) is 6.62. The molecular weight excluding hydrogens is 271 g/mol. The summed E-state index contributed by atoms with van der Waals surface area (Å²) in [7, 11) is 0. The molecule has 5 nitrogen and oxygen atoms in total. The van der Waals surface area contributed by atoms with Gasteiger partial charge in [-0.2, -0.15) is 23.7 Å². The fraction of sp³-hybridized carbons (Fsp3) is 0.417. The first-order valence-corrected chi connectivity index (χ1v) is 5.74. The van der Waals surface area contributed by atoms with E-state index in [4.69, 9.17) is 10.5 Å². The molecule has 106 valence electrons. The maximum atomic E-state index is 12.8. The number of hydrogen-bond acceptors (Lipinski definition) is 5. The molecule has 0 aromatic carbocycles. The highest BCUT2D eigenvalue weighted by Crippen LogP contribution is 2.32. The Labute approximate surface area is 114 Å². The maximum Gasteiger partial charge on any atom is 0.416 e. The van der Waals surface area contributed by atoms with E-state index >= 15 is 0 Å². The molecule has 1 N–H and O–H groups in total. The number of hydrogen-bond donors (Lipinski definition) is 1. The van der Waals surface area contributed by atoms with Crippen LogP contribution in [0.1, 0.15) is 12.5 Å². The largest absolute Gasteiger partial charge is 0.416 e. The van der Waals surface area contributed by atoms with Crippen molar-refractivity contribution < 1.29 is 13.2 Å². The van der Waals surface area contributed by atoms with Gasteiger partial charge in [-0.3, -0.25) is 0 Å². The Balaban J connectivity index is 3.27. The highest BCUT2D eigenvalue weighted by Gasteiger charge is 2.32. The second-order valence-corrected chi connectivity index (χ2v) is 3.80. The van der Waals surface area contributed by atoms with Crippen LogP contribution in [0.5, 0.6) is 0 Å². The van der Waals surface area contributed by atoms with E-state index in [1.165, 1.54) is 4.90 Å². The molecule has 0 spiro atoms. The van der Waals surface area contributed by atoms with Gasteiger partial charge in [-0.1, -0.05) is 0 Å². The Hall–Kier alpha value is -2.48. The monoisotopic (exact) mass is 283 g/mol. The van der Waals surface area contributed by atoms with Crippen molar-refractivity contribution in [1.29, 1.82) is 10.5 Å². The Bertz CT molecular complexity index is 525. The van der Waals surface area contributed by atoms with Crippen LogP contribution < -0.4 is 10.2 Å². The quantitative estimate of drug-likeness (QED) is 0.840. The molecule has 0 fully saturated rings. The van der Waals surface area contributed by atoms with Crippen LogP contribution in [0.2, 0.25) is 0 Å². The van der Waals surface area contributed by atoms with Gasteiger partial charge in [-0.25, -0.2) is 4.98 Å². The normalized spacial score (nSPS) is 10.5. The van der Waals surface area contributed by atoms with Gasteiger partial charge in [0, 0.05) is 6.54 Å². The van der Waals surface area contributed by atoms with Crippen molar-refractivity contribution in [2.75, 3.05) is 29.9 Å². The standard InChI is InChI=1S/C12H12F3N5/c1-2-18-10-7-9(12(13,14)15)8-11(19-10)20(5-3-16)6-4-17/h7-8H,2,5-6H2,1H3,(H,18,19). The second-order valence-electron chi connectivity index (χ2n) is 3.80. The van der Waals surface area contributed by atoms with Crippen LogP contribution in [-0.4, -0.2) is 24.6 Å². The Morgan fingerprint density at radius 2 is 1.85 bits per heavy atom. The third-order valence-electron chi connectivity index (χ3n) is 2.34. The molecule has 0 saturated carbocycles. The molecule has 1 heterocycles. The SMILES string of the molecule is CCNc1cc(C(F)(F)F)cc(N(CC#N)CC#N)n1. The molecule has 0 unspecified atom stereocenters. The van der Waals surface area contributed by atoms with Crippen molar-refractivity contribution in [1.82, 2.24) is 4.98 Å². The minimum Gasteiger partial charge on any atom is -0.370 e. The van der Waals surface area contributed by atoms with Gasteiger partial charge in [0.1, 0.15) is 24.7 Å². The number of alkyl halides is 3. The molecule has 20 heavy (non-hydrogen) atoms. The average Bonchev–Trinajstić information content (AvgIpc) is 2.37. The summed E-state index contributed by atoms with van der Waals surface area (Å²) in [4.78, 5) is 5.16. The third-order valence-corrected chi connectivity index (χ3v) is 2.34. The van der Waals surface area contributed by atoms with Gasteiger partial charge in [0.15, 0.2) is 0 Å². The van der Waals surface area contributed by atoms with E-state index in [1.807, 2.05) is 0 Å². The molecule has 0 radical (unpaired) electrons. The van der Waals surface area contributed by atoms with E-state index in [-0.39, 0.29) is 24.7 Å². The molecule has 0 bridgehead atoms. The van der Waals surface area contributed by atoms with Gasteiger partial charge in [0.05, 0.1) is 17.7 Å². The van der Waals surface area contributed by atoms with Crippen molar-refractivity contribution in [2.45, 2.75) is 13.1 Å². The number of pyridine rings is 1. The number of nitriles is 2. The molecule has 1 aromatic heterocycles. The van der Waals surface area contributed by atoms with Crippen molar-refractivity contribution in [2.24, 2.45) is 0 Å². The first kappa shape index (κ1) is 15.6. The summed E-state index contributed by atoms with van der Waals surface area (Å²) >= 11 is 0. The lowest BCUT2D eigenvalue weighted by atomic mass is 10.2. The van der Waals surface area contributed by atoms with Crippen LogP contribution >= 0.6 is 0 Å². The number of anilines is 2. The lowest BCUT2D eigenvalue weighted by molar-refractivity contribution is -0.137. The first-order chi connectivity index (χ1) is 9.42. The number of nitrogens with one attached hydrogen (secondary N) is 1. The molecule has 0 atom stereocenters. The number of nitrogens with zero attached hydrogens (tertiary/aromatic N) is 4. The molecule has 8 heteroatoms. The zero-order valence-electron chi connectivity index (χ0n) is 10.7. The van der Waals surface area contributed by atoms with E-state index in [9.17, 15) is 13.2 Å². The lowest BCUT2D eigenvalue weighted by Crippen LogP contribution is -2.25. The fourth-order valence-corrected chi connectivity index (χ4v) is 1.50. The predicted octanol–water partition coefficient (Wildman–Crippen LogP) is 2.39. The minimum atomic E-state index is -4.52. The fourth-order valence-electron chi connectivity index (χ4n) is 1.50. The van der Waals surface area contributed by atoms with E-state index < -0.39 is 11.7 Å². The Kier molecular flexibility index (Phi) is 5.15. The van der Waals surface area contributed by atoms with Gasteiger partial charge in [0.2, 0.25) is 0 Å². The summed E-state index contributed by atoms with van der Waals surface area (Å²) in [6, 6.07) is 5.31. The number of halogens is 3. The van der Waals surface area contributed by atoms with Gasteiger partial charge in [0.25, 0.3) is 0 Å². The summed E-state index contributed by atoms with van der Waals surface area (Å²) in [5, 5.41) is 20.0. The molecule has 0 saturated heterocycles. The Morgan fingerprint density at radius 3 is 2.30 bits per heavy atom. The highest BCUT2D eigenvalue weighted by atomic mass is 19.4. The summed E-state index contributed by atoms with van der Waals surface area (Å²) in [5.41, 5.74) is -0.876. The highest BCUT2D eigenvalue weighted by molar-refractivity contribution is 5.52. The van der Waals surface area contributed by atoms with Crippen molar-refractivity contribution >= 4 is 11.6 Å². The van der Waals surface area contributed by atoms with Crippen LogP contribution in [0.15, 0.2) is 12.1 Å². The van der Waals surface area contributed by atoms with Crippen molar-refractivity contribution in [3.8, 4) is 12.1 Å². The average molecular weight is 283 g/mol. The molecule has 0 aliphatic rings. The molecule has 1 aromatic rings. The maximum absolute atomic E-state index is 12.8. The smallest absolute Gasteiger partial charge is 0.370 e. The van der Waals surface area contributed by atoms with E-state index in [0.717, 1.165) is 12.1 Å². The van der Waals surface area contributed by atoms with Gasteiger partial charge < -0.3 is 10.2 Å². The van der Waals surface area contributed by atoms with Crippen molar-refractivity contribution in [3.05, 3.63) is 17.7 Å². The van der Waals surface area contributed by atoms with Crippen LogP contribution in [0.3, 0.4) is 0 Å². The summed E-state index contributed by atoms with van der Waals surface area (Å²) in [6.07, 6.45) is -4.52. The molecule has 0 amide bonds. The summed E-state index contributed by atoms with van der Waals surface area (Å²) in [5.74, 6) is -0.00270. The van der Waals surface area contributed by atoms with E-state index in [2.05, 4.69) is 10.3 Å². The molecule has 1 rings (SSSR count). The lowest BCUT2D eigenvalue weighted by Gasteiger charge is -2.19. The van der Waals surface area contributed by atoms with Crippen LogP contribution in [0, 0.1) is 22.7 Å². The predicted molar refractivity (Wildman–Crippen MR) is 66.8 cm³/mol. The zero-order valence-corrected chi connectivity index (χ0v) is 10.7. The van der Waals surface area contributed by atoms with Crippen LogP contribution in [0.4, 0.5) is 24.8 Å². The van der Waals surface area contributed by atoms with Gasteiger partial charge >= 0.3 is 6.18 Å². The summed E-state index contributed by atoms with van der Waals surface area (Å²) in [6.45, 7) is 1.70. The first-order valence-electron chi connectivity index (χ1n) is 5.74. The van der Waals surface area contributed by atoms with Gasteiger partial charge in [-0.05, 0) is 19.1 Å². The van der Waals surface area contributed by atoms with Crippen LogP contribution in [0.25, 0.3) is 0 Å². The van der Waals surface area contributed by atoms with E-state index in [0.29, 0.717) is 6.54 Å². The third kappa shape index (κ3) is 4.02. The van der Waals surface area contributed by atoms with Crippen molar-refractivity contribution in [3.63, 3.8) is 0 Å². The topological polar surface area (TPSA) is 75.7 Å². The van der Waals surface area contributed by atoms with Crippen LogP contribution in [-0.2, 0) is 6.18 Å².